The highest BCUT2D eigenvalue weighted by atomic mass is 16.3. The highest BCUT2D eigenvalue weighted by Crippen LogP contribution is 2.06. The number of amides is 1. The molecule has 0 rings (SSSR count). The number of aliphatic hydroxyl groups excluding tert-OH is 2. The van der Waals surface area contributed by atoms with Gasteiger partial charge in [0.15, 0.2) is 0 Å². The molecule has 2 atom stereocenters. The Hall–Kier alpha value is -1.39. The number of rotatable bonds is 18. The first-order valence-corrected chi connectivity index (χ1v) is 11.2. The Kier molecular flexibility index (Phi) is 19.3. The van der Waals surface area contributed by atoms with Crippen LogP contribution in [-0.4, -0.2) is 34.9 Å². The van der Waals surface area contributed by atoms with E-state index < -0.39 is 12.1 Å². The van der Waals surface area contributed by atoms with Gasteiger partial charge in [0.05, 0.1) is 18.8 Å². The molecule has 0 aromatic carbocycles. The molecule has 0 radical (unpaired) electrons. The predicted molar refractivity (Wildman–Crippen MR) is 119 cm³/mol. The Morgan fingerprint density at radius 1 is 0.821 bits per heavy atom. The summed E-state index contributed by atoms with van der Waals surface area (Å²) in [6.07, 6.45) is 23.7. The van der Waals surface area contributed by atoms with Crippen LogP contribution in [0.5, 0.6) is 0 Å². The molecule has 0 fully saturated rings. The maximum absolute atomic E-state index is 11.9. The summed E-state index contributed by atoms with van der Waals surface area (Å²) in [6.45, 7) is 4.08. The Labute approximate surface area is 172 Å². The largest absolute Gasteiger partial charge is 0.394 e. The minimum absolute atomic E-state index is 0.0982. The van der Waals surface area contributed by atoms with Crippen molar-refractivity contribution in [1.82, 2.24) is 5.32 Å². The van der Waals surface area contributed by atoms with Gasteiger partial charge in [-0.25, -0.2) is 0 Å². The van der Waals surface area contributed by atoms with E-state index in [9.17, 15) is 15.0 Å². The molecule has 0 aromatic heterocycles. The van der Waals surface area contributed by atoms with Crippen LogP contribution in [0, 0.1) is 0 Å². The fraction of sp³-hybridized carbons (Fsp3) is 0.708. The molecule has 0 aromatic rings. The molecule has 0 saturated carbocycles. The molecule has 0 heterocycles. The molecule has 4 heteroatoms. The maximum atomic E-state index is 11.9. The number of unbranched alkanes of at least 4 members (excludes halogenated alkanes) is 7. The van der Waals surface area contributed by atoms with Gasteiger partial charge in [0.1, 0.15) is 0 Å². The van der Waals surface area contributed by atoms with Crippen molar-refractivity contribution < 1.29 is 15.0 Å². The Morgan fingerprint density at radius 3 is 1.96 bits per heavy atom. The van der Waals surface area contributed by atoms with Gasteiger partial charge < -0.3 is 15.5 Å². The molecule has 0 spiro atoms. The van der Waals surface area contributed by atoms with Crippen molar-refractivity contribution in [2.45, 2.75) is 103 Å². The fourth-order valence-electron chi connectivity index (χ4n) is 2.80. The third kappa shape index (κ3) is 16.8. The van der Waals surface area contributed by atoms with Crippen LogP contribution < -0.4 is 5.32 Å². The Morgan fingerprint density at radius 2 is 1.39 bits per heavy atom. The van der Waals surface area contributed by atoms with Gasteiger partial charge in [-0.2, -0.15) is 0 Å². The highest BCUT2D eigenvalue weighted by molar-refractivity contribution is 5.76. The van der Waals surface area contributed by atoms with Gasteiger partial charge in [-0.1, -0.05) is 82.4 Å². The first kappa shape index (κ1) is 26.6. The van der Waals surface area contributed by atoms with E-state index in [1.54, 1.807) is 6.08 Å². The minimum Gasteiger partial charge on any atom is -0.394 e. The van der Waals surface area contributed by atoms with Crippen LogP contribution in [0.15, 0.2) is 36.5 Å². The molecule has 3 N–H and O–H groups in total. The van der Waals surface area contributed by atoms with Crippen LogP contribution in [0.4, 0.5) is 0 Å². The molecular weight excluding hydrogens is 350 g/mol. The summed E-state index contributed by atoms with van der Waals surface area (Å²) in [4.78, 5) is 11.9. The van der Waals surface area contributed by atoms with Crippen LogP contribution in [0.25, 0.3) is 0 Å². The van der Waals surface area contributed by atoms with Crippen LogP contribution in [0.2, 0.25) is 0 Å². The predicted octanol–water partition coefficient (Wildman–Crippen LogP) is 5.21. The normalized spacial score (nSPS) is 14.3. The van der Waals surface area contributed by atoms with Gasteiger partial charge in [-0.3, -0.25) is 4.79 Å². The number of carbonyl (C=O) groups excluding carboxylic acids is 1. The summed E-state index contributed by atoms with van der Waals surface area (Å²) in [5, 5.41) is 22.3. The van der Waals surface area contributed by atoms with Crippen LogP contribution in [0.1, 0.15) is 90.9 Å². The lowest BCUT2D eigenvalue weighted by Gasteiger charge is -2.19. The summed E-state index contributed by atoms with van der Waals surface area (Å²) in [6, 6.07) is -0.634. The smallest absolute Gasteiger partial charge is 0.220 e. The van der Waals surface area contributed by atoms with Gasteiger partial charge in [0.25, 0.3) is 0 Å². The first-order chi connectivity index (χ1) is 13.7. The number of hydrogen-bond donors (Lipinski definition) is 3. The molecule has 0 aliphatic carbocycles. The molecular formula is C24H43NO3. The van der Waals surface area contributed by atoms with Crippen molar-refractivity contribution in [3.05, 3.63) is 36.5 Å². The molecule has 0 bridgehead atoms. The molecule has 0 saturated heterocycles. The number of carbonyl (C=O) groups is 1. The number of allylic oxidation sites excluding steroid dienone is 5. The van der Waals surface area contributed by atoms with Gasteiger partial charge in [0, 0.05) is 6.42 Å². The summed E-state index contributed by atoms with van der Waals surface area (Å²) in [7, 11) is 0. The number of nitrogens with one attached hydrogen (secondary N) is 1. The number of aliphatic hydroxyl groups is 2. The van der Waals surface area contributed by atoms with E-state index in [-0.39, 0.29) is 12.5 Å². The quantitative estimate of drug-likeness (QED) is 0.221. The van der Waals surface area contributed by atoms with Gasteiger partial charge in [-0.05, 0) is 38.5 Å². The van der Waals surface area contributed by atoms with E-state index in [0.29, 0.717) is 6.42 Å². The zero-order valence-corrected chi connectivity index (χ0v) is 18.1. The van der Waals surface area contributed by atoms with E-state index in [0.717, 1.165) is 51.4 Å². The van der Waals surface area contributed by atoms with E-state index in [2.05, 4.69) is 43.5 Å². The fourth-order valence-corrected chi connectivity index (χ4v) is 2.80. The molecule has 4 nitrogen and oxygen atoms in total. The Balaban J connectivity index is 3.92. The average Bonchev–Trinajstić information content (AvgIpc) is 2.69. The Bertz CT molecular complexity index is 443. The molecule has 1 amide bonds. The van der Waals surface area contributed by atoms with Crippen LogP contribution in [-0.2, 0) is 4.79 Å². The molecule has 28 heavy (non-hydrogen) atoms. The van der Waals surface area contributed by atoms with Gasteiger partial charge in [0.2, 0.25) is 5.91 Å². The lowest BCUT2D eigenvalue weighted by molar-refractivity contribution is -0.123. The summed E-state index contributed by atoms with van der Waals surface area (Å²) in [5.74, 6) is -0.0982. The molecule has 162 valence electrons. The summed E-state index contributed by atoms with van der Waals surface area (Å²) < 4.78 is 0. The van der Waals surface area contributed by atoms with Gasteiger partial charge in [-0.15, -0.1) is 0 Å². The summed E-state index contributed by atoms with van der Waals surface area (Å²) >= 11 is 0. The van der Waals surface area contributed by atoms with Crippen molar-refractivity contribution in [1.29, 1.82) is 0 Å². The van der Waals surface area contributed by atoms with Crippen molar-refractivity contribution >= 4 is 5.91 Å². The van der Waals surface area contributed by atoms with Crippen molar-refractivity contribution in [2.75, 3.05) is 6.61 Å². The van der Waals surface area contributed by atoms with Crippen molar-refractivity contribution in [3.8, 4) is 0 Å². The average molecular weight is 394 g/mol. The van der Waals surface area contributed by atoms with E-state index >= 15 is 0 Å². The van der Waals surface area contributed by atoms with Crippen LogP contribution >= 0.6 is 0 Å². The number of hydrogen-bond acceptors (Lipinski definition) is 3. The van der Waals surface area contributed by atoms with E-state index in [1.807, 2.05) is 6.08 Å². The van der Waals surface area contributed by atoms with Gasteiger partial charge >= 0.3 is 0 Å². The molecule has 0 aliphatic heterocycles. The van der Waals surface area contributed by atoms with Crippen molar-refractivity contribution in [2.24, 2.45) is 0 Å². The zero-order chi connectivity index (χ0) is 20.9. The lowest BCUT2D eigenvalue weighted by atomic mass is 10.1. The van der Waals surface area contributed by atoms with E-state index in [1.165, 1.54) is 19.3 Å². The molecule has 2 unspecified atom stereocenters. The SMILES string of the molecule is CCC/C=C/CC/C=C/CC/C=C/C(O)C(CO)NC(=O)CCCCCCC. The molecule has 0 aliphatic rings. The third-order valence-corrected chi connectivity index (χ3v) is 4.58. The second-order valence-corrected chi connectivity index (χ2v) is 7.33. The van der Waals surface area contributed by atoms with Crippen LogP contribution in [0.3, 0.4) is 0 Å². The van der Waals surface area contributed by atoms with Crippen molar-refractivity contribution in [3.63, 3.8) is 0 Å². The zero-order valence-electron chi connectivity index (χ0n) is 18.1. The van der Waals surface area contributed by atoms with E-state index in [4.69, 9.17) is 0 Å². The topological polar surface area (TPSA) is 69.6 Å². The second kappa shape index (κ2) is 20.3. The third-order valence-electron chi connectivity index (χ3n) is 4.58. The first-order valence-electron chi connectivity index (χ1n) is 11.2. The summed E-state index contributed by atoms with van der Waals surface area (Å²) in [5.41, 5.74) is 0. The second-order valence-electron chi connectivity index (χ2n) is 7.33. The highest BCUT2D eigenvalue weighted by Gasteiger charge is 2.17. The maximum Gasteiger partial charge on any atom is 0.220 e. The minimum atomic E-state index is -0.860. The monoisotopic (exact) mass is 393 g/mol. The standard InChI is InChI=1S/C24H43NO3/c1-3-5-7-9-10-11-12-13-14-16-17-19-23(27)22(21-26)25-24(28)20-18-15-8-6-4-2/h7,9,12-13,17,19,22-23,26-27H,3-6,8,10-11,14-16,18,20-21H2,1-2H3,(H,25,28)/b9-7+,13-12+,19-17+. The lowest BCUT2D eigenvalue weighted by Crippen LogP contribution is -2.45.